The molecular weight excluding hydrogens is 560 g/mol. The Labute approximate surface area is 260 Å². The molecule has 2 aromatic rings. The van der Waals surface area contributed by atoms with Crippen LogP contribution in [0.1, 0.15) is 91.9 Å². The summed E-state index contributed by atoms with van der Waals surface area (Å²) in [5, 5.41) is 2.51. The Morgan fingerprint density at radius 2 is 1.50 bits per heavy atom. The Hall–Kier alpha value is -3.55. The van der Waals surface area contributed by atoms with Crippen molar-refractivity contribution in [3.8, 4) is 11.8 Å². The van der Waals surface area contributed by atoms with Gasteiger partial charge in [0.25, 0.3) is 11.8 Å². The number of hydrogen-bond acceptors (Lipinski definition) is 7. The second-order valence-corrected chi connectivity index (χ2v) is 11.3. The molecule has 236 valence electrons. The molecule has 4 atom stereocenters. The van der Waals surface area contributed by atoms with Gasteiger partial charge in [-0.25, -0.2) is 0 Å². The van der Waals surface area contributed by atoms with Gasteiger partial charge in [0.05, 0.1) is 6.10 Å². The molecular formula is C35H44N2O7. The van der Waals surface area contributed by atoms with Gasteiger partial charge in [0.2, 0.25) is 0 Å². The van der Waals surface area contributed by atoms with Crippen LogP contribution in [-0.2, 0) is 28.5 Å². The van der Waals surface area contributed by atoms with Crippen molar-refractivity contribution in [3.05, 3.63) is 70.8 Å². The third-order valence-corrected chi connectivity index (χ3v) is 8.32. The summed E-state index contributed by atoms with van der Waals surface area (Å²) in [6, 6.07) is 14.8. The molecule has 4 rings (SSSR count). The number of benzene rings is 2. The van der Waals surface area contributed by atoms with E-state index in [4.69, 9.17) is 18.9 Å². The number of Topliss-reactive ketones (excluding diaryl/α,β-unsaturated/α-hetero) is 1. The van der Waals surface area contributed by atoms with E-state index in [0.717, 1.165) is 66.7 Å². The summed E-state index contributed by atoms with van der Waals surface area (Å²) in [6.07, 6.45) is 5.92. The van der Waals surface area contributed by atoms with E-state index in [0.29, 0.717) is 18.6 Å². The lowest BCUT2D eigenvalue weighted by atomic mass is 9.92. The molecule has 44 heavy (non-hydrogen) atoms. The predicted octanol–water partition coefficient (Wildman–Crippen LogP) is 4.77. The second kappa shape index (κ2) is 16.0. The molecule has 2 heterocycles. The Balaban J connectivity index is 1.39. The average Bonchev–Trinajstić information content (AvgIpc) is 3.08. The number of ketones is 1. The lowest BCUT2D eigenvalue weighted by Gasteiger charge is -2.36. The van der Waals surface area contributed by atoms with Gasteiger partial charge in [-0.3, -0.25) is 14.4 Å². The lowest BCUT2D eigenvalue weighted by Crippen LogP contribution is -2.62. The minimum Gasteiger partial charge on any atom is -0.357 e. The molecule has 0 bridgehead atoms. The zero-order valence-corrected chi connectivity index (χ0v) is 26.2. The Kier molecular flexibility index (Phi) is 12.1. The van der Waals surface area contributed by atoms with E-state index in [9.17, 15) is 14.4 Å². The number of nitrogens with one attached hydrogen (secondary N) is 1. The topological polar surface area (TPSA) is 103 Å². The Morgan fingerprint density at radius 1 is 0.932 bits per heavy atom. The van der Waals surface area contributed by atoms with Gasteiger partial charge in [-0.05, 0) is 93.8 Å². The quantitative estimate of drug-likeness (QED) is 0.291. The maximum atomic E-state index is 13.4. The summed E-state index contributed by atoms with van der Waals surface area (Å²) in [5.41, 5.74) is 1.24. The van der Waals surface area contributed by atoms with Crippen molar-refractivity contribution in [1.82, 2.24) is 10.2 Å². The van der Waals surface area contributed by atoms with Crippen molar-refractivity contribution in [2.75, 3.05) is 33.9 Å². The van der Waals surface area contributed by atoms with Crippen LogP contribution in [0.3, 0.4) is 0 Å². The van der Waals surface area contributed by atoms with Gasteiger partial charge < -0.3 is 29.2 Å². The molecule has 9 heteroatoms. The standard InChI is InChI=1S/C35H44N2O7/c1-5-29(44-32-11-7-9-23-42-32)27-18-14-25(15-19-27)12-13-26-16-20-28(21-17-26)33(39)37(4)35(2,34(40)36-3)30(38)24-43-31-10-6-8-22-41-31/h14-21,29,31-32H,5-11,22-24H2,1-4H3,(H,36,40)/t29-,31?,32?,35-/m1/s1. The van der Waals surface area contributed by atoms with Crippen LogP contribution >= 0.6 is 0 Å². The molecule has 0 radical (unpaired) electrons. The average molecular weight is 605 g/mol. The van der Waals surface area contributed by atoms with Gasteiger partial charge >= 0.3 is 0 Å². The number of hydrogen-bond donors (Lipinski definition) is 1. The van der Waals surface area contributed by atoms with Crippen LogP contribution in [0, 0.1) is 11.8 Å². The van der Waals surface area contributed by atoms with Gasteiger partial charge in [-0.15, -0.1) is 0 Å². The largest absolute Gasteiger partial charge is 0.357 e. The maximum absolute atomic E-state index is 13.4. The van der Waals surface area contributed by atoms with E-state index in [1.54, 1.807) is 24.3 Å². The monoisotopic (exact) mass is 604 g/mol. The Bertz CT molecular complexity index is 1320. The van der Waals surface area contributed by atoms with Crippen molar-refractivity contribution in [1.29, 1.82) is 0 Å². The summed E-state index contributed by atoms with van der Waals surface area (Å²) >= 11 is 0. The fourth-order valence-electron chi connectivity index (χ4n) is 5.29. The van der Waals surface area contributed by atoms with E-state index in [-0.39, 0.29) is 19.0 Å². The first-order valence-electron chi connectivity index (χ1n) is 15.5. The molecule has 2 fully saturated rings. The molecule has 9 nitrogen and oxygen atoms in total. The van der Waals surface area contributed by atoms with Crippen molar-refractivity contribution in [3.63, 3.8) is 0 Å². The highest BCUT2D eigenvalue weighted by Gasteiger charge is 2.46. The second-order valence-electron chi connectivity index (χ2n) is 11.3. The van der Waals surface area contributed by atoms with Crippen LogP contribution in [0.2, 0.25) is 0 Å². The highest BCUT2D eigenvalue weighted by Crippen LogP contribution is 2.27. The minimum atomic E-state index is -1.77. The number of ether oxygens (including phenoxy) is 4. The van der Waals surface area contributed by atoms with Crippen molar-refractivity contribution >= 4 is 17.6 Å². The smallest absolute Gasteiger partial charge is 0.254 e. The van der Waals surface area contributed by atoms with E-state index in [1.807, 2.05) is 24.3 Å². The zero-order valence-electron chi connectivity index (χ0n) is 26.2. The molecule has 0 aliphatic carbocycles. The third kappa shape index (κ3) is 8.33. The molecule has 0 spiro atoms. The number of carbonyl (C=O) groups is 3. The minimum absolute atomic E-state index is 0.0256. The van der Waals surface area contributed by atoms with Gasteiger partial charge in [0.1, 0.15) is 6.61 Å². The zero-order chi connectivity index (χ0) is 31.5. The summed E-state index contributed by atoms with van der Waals surface area (Å²) in [6.45, 7) is 4.51. The highest BCUT2D eigenvalue weighted by atomic mass is 16.7. The highest BCUT2D eigenvalue weighted by molar-refractivity contribution is 6.14. The number of amides is 2. The predicted molar refractivity (Wildman–Crippen MR) is 166 cm³/mol. The number of nitrogens with zero attached hydrogens (tertiary/aromatic N) is 1. The van der Waals surface area contributed by atoms with Gasteiger partial charge in [-0.2, -0.15) is 0 Å². The van der Waals surface area contributed by atoms with Crippen LogP contribution in [0.4, 0.5) is 0 Å². The normalized spacial score (nSPS) is 20.4. The van der Waals surface area contributed by atoms with E-state index in [2.05, 4.69) is 24.1 Å². The molecule has 2 saturated heterocycles. The summed E-state index contributed by atoms with van der Waals surface area (Å²) in [7, 11) is 2.88. The fourth-order valence-corrected chi connectivity index (χ4v) is 5.29. The molecule has 2 unspecified atom stereocenters. The third-order valence-electron chi connectivity index (χ3n) is 8.32. The molecule has 0 aromatic heterocycles. The van der Waals surface area contributed by atoms with Crippen LogP contribution < -0.4 is 5.32 Å². The van der Waals surface area contributed by atoms with Crippen LogP contribution in [0.15, 0.2) is 48.5 Å². The van der Waals surface area contributed by atoms with Crippen LogP contribution in [-0.4, -0.2) is 74.5 Å². The van der Waals surface area contributed by atoms with E-state index >= 15 is 0 Å². The maximum Gasteiger partial charge on any atom is 0.254 e. The molecule has 1 N–H and O–H groups in total. The number of rotatable bonds is 11. The van der Waals surface area contributed by atoms with Crippen molar-refractivity contribution < 1.29 is 33.3 Å². The van der Waals surface area contributed by atoms with Gasteiger partial charge in [0.15, 0.2) is 23.9 Å². The van der Waals surface area contributed by atoms with Crippen LogP contribution in [0.25, 0.3) is 0 Å². The number of likely N-dealkylation sites (N-methyl/N-ethyl adjacent to an activating group) is 2. The molecule has 2 aliphatic heterocycles. The van der Waals surface area contributed by atoms with Gasteiger partial charge in [0, 0.05) is 44.0 Å². The lowest BCUT2D eigenvalue weighted by molar-refractivity contribution is -0.190. The first-order chi connectivity index (χ1) is 21.3. The molecule has 2 amide bonds. The first-order valence-corrected chi connectivity index (χ1v) is 15.5. The summed E-state index contributed by atoms with van der Waals surface area (Å²) in [4.78, 5) is 40.7. The van der Waals surface area contributed by atoms with Crippen molar-refractivity contribution in [2.45, 2.75) is 83.0 Å². The summed E-state index contributed by atoms with van der Waals surface area (Å²) < 4.78 is 23.1. The fraction of sp³-hybridized carbons (Fsp3) is 0.514. The number of carbonyl (C=O) groups excluding carboxylic acids is 3. The van der Waals surface area contributed by atoms with Crippen molar-refractivity contribution in [2.24, 2.45) is 0 Å². The first kappa shape index (κ1) is 33.3. The molecule has 2 aliphatic rings. The van der Waals surface area contributed by atoms with Crippen LogP contribution in [0.5, 0.6) is 0 Å². The van der Waals surface area contributed by atoms with E-state index < -0.39 is 29.4 Å². The van der Waals surface area contributed by atoms with Gasteiger partial charge in [-0.1, -0.05) is 30.9 Å². The SMILES string of the molecule is CC[C@@H](OC1CCCCO1)c1ccc(C#Cc2ccc(C(=O)N(C)[C@](C)(C(=O)COC3CCCCO3)C(=O)NC)cc2)cc1. The van der Waals surface area contributed by atoms with E-state index in [1.165, 1.54) is 21.0 Å². The molecule has 0 saturated carbocycles. The Morgan fingerprint density at radius 3 is 2.02 bits per heavy atom. The molecule has 2 aromatic carbocycles. The summed E-state index contributed by atoms with van der Waals surface area (Å²) in [5.74, 6) is 4.70.